The van der Waals surface area contributed by atoms with Crippen LogP contribution in [0.15, 0.2) is 30.5 Å². The fourth-order valence-electron chi connectivity index (χ4n) is 2.45. The van der Waals surface area contributed by atoms with Crippen molar-refractivity contribution in [2.75, 3.05) is 6.61 Å². The molecule has 1 aromatic heterocycles. The van der Waals surface area contributed by atoms with Crippen LogP contribution in [0.1, 0.15) is 17.9 Å². The van der Waals surface area contributed by atoms with Crippen LogP contribution in [0.25, 0.3) is 10.9 Å². The van der Waals surface area contributed by atoms with Gasteiger partial charge in [0.25, 0.3) is 0 Å². The maximum absolute atomic E-state index is 9.30. The summed E-state index contributed by atoms with van der Waals surface area (Å²) >= 11 is 0. The molecule has 2 nitrogen and oxygen atoms in total. The van der Waals surface area contributed by atoms with Crippen molar-refractivity contribution in [3.63, 3.8) is 0 Å². The molecule has 0 aliphatic carbocycles. The molecule has 72 valence electrons. The molecule has 14 heavy (non-hydrogen) atoms. The van der Waals surface area contributed by atoms with E-state index >= 15 is 0 Å². The average Bonchev–Trinajstić information content (AvgIpc) is 2.65. The standard InChI is InChI=1S/C12H13NO/c14-8-10-5-7-13-6-4-9-2-1-3-11(10)12(9)13/h1-4,6,10,14H,5,7-8H2. The Morgan fingerprint density at radius 1 is 1.36 bits per heavy atom. The molecular formula is C12H13NO. The number of aryl methyl sites for hydroxylation is 1. The first-order valence-corrected chi connectivity index (χ1v) is 5.09. The van der Waals surface area contributed by atoms with Crippen LogP contribution in [0.2, 0.25) is 0 Å². The van der Waals surface area contributed by atoms with Crippen LogP contribution in [0.5, 0.6) is 0 Å². The molecule has 0 radical (unpaired) electrons. The summed E-state index contributed by atoms with van der Waals surface area (Å²) in [6.07, 6.45) is 3.19. The normalized spacial score (nSPS) is 20.2. The summed E-state index contributed by atoms with van der Waals surface area (Å²) < 4.78 is 2.29. The molecule has 2 heteroatoms. The van der Waals surface area contributed by atoms with E-state index in [0.717, 1.165) is 13.0 Å². The summed E-state index contributed by atoms with van der Waals surface area (Å²) in [5.74, 6) is 0.334. The lowest BCUT2D eigenvalue weighted by atomic mass is 9.92. The van der Waals surface area contributed by atoms with Gasteiger partial charge in [0, 0.05) is 18.7 Å². The Labute approximate surface area is 82.8 Å². The third kappa shape index (κ3) is 0.946. The number of aliphatic hydroxyl groups is 1. The smallest absolute Gasteiger partial charge is 0.0516 e. The number of para-hydroxylation sites is 1. The Morgan fingerprint density at radius 3 is 3.14 bits per heavy atom. The molecule has 1 aliphatic heterocycles. The molecule has 2 heterocycles. The fraction of sp³-hybridized carbons (Fsp3) is 0.333. The van der Waals surface area contributed by atoms with Gasteiger partial charge in [0.15, 0.2) is 0 Å². The minimum absolute atomic E-state index is 0.268. The van der Waals surface area contributed by atoms with Crippen molar-refractivity contribution >= 4 is 10.9 Å². The Balaban J connectivity index is 2.34. The van der Waals surface area contributed by atoms with Crippen LogP contribution in [0, 0.1) is 0 Å². The van der Waals surface area contributed by atoms with Crippen LogP contribution in [-0.4, -0.2) is 16.3 Å². The van der Waals surface area contributed by atoms with E-state index < -0.39 is 0 Å². The van der Waals surface area contributed by atoms with Crippen molar-refractivity contribution < 1.29 is 5.11 Å². The van der Waals surface area contributed by atoms with Crippen molar-refractivity contribution in [3.8, 4) is 0 Å². The van der Waals surface area contributed by atoms with Gasteiger partial charge in [0.05, 0.1) is 12.1 Å². The molecule has 0 saturated heterocycles. The van der Waals surface area contributed by atoms with Crippen molar-refractivity contribution in [3.05, 3.63) is 36.0 Å². The Bertz CT molecular complexity index is 472. The number of rotatable bonds is 1. The van der Waals surface area contributed by atoms with Gasteiger partial charge in [-0.1, -0.05) is 18.2 Å². The number of nitrogens with zero attached hydrogens (tertiary/aromatic N) is 1. The second-order valence-electron chi connectivity index (χ2n) is 3.96. The lowest BCUT2D eigenvalue weighted by Crippen LogP contribution is -2.15. The molecule has 1 unspecified atom stereocenters. The first kappa shape index (κ1) is 8.06. The molecule has 1 atom stereocenters. The van der Waals surface area contributed by atoms with Gasteiger partial charge in [-0.3, -0.25) is 0 Å². The summed E-state index contributed by atoms with van der Waals surface area (Å²) in [4.78, 5) is 0. The molecule has 1 aliphatic rings. The quantitative estimate of drug-likeness (QED) is 0.726. The minimum Gasteiger partial charge on any atom is -0.396 e. The second kappa shape index (κ2) is 2.85. The molecule has 0 saturated carbocycles. The lowest BCUT2D eigenvalue weighted by molar-refractivity contribution is 0.253. The lowest BCUT2D eigenvalue weighted by Gasteiger charge is -2.23. The average molecular weight is 187 g/mol. The van der Waals surface area contributed by atoms with E-state index in [1.165, 1.54) is 16.5 Å². The summed E-state index contributed by atoms with van der Waals surface area (Å²) in [6.45, 7) is 1.30. The first-order valence-electron chi connectivity index (χ1n) is 5.09. The largest absolute Gasteiger partial charge is 0.396 e. The van der Waals surface area contributed by atoms with Crippen molar-refractivity contribution in [1.82, 2.24) is 4.57 Å². The van der Waals surface area contributed by atoms with E-state index in [9.17, 15) is 5.11 Å². The summed E-state index contributed by atoms with van der Waals surface area (Å²) in [5.41, 5.74) is 2.62. The zero-order valence-corrected chi connectivity index (χ0v) is 7.98. The molecular weight excluding hydrogens is 174 g/mol. The van der Waals surface area contributed by atoms with E-state index in [2.05, 4.69) is 35.0 Å². The SMILES string of the molecule is OCC1CCn2ccc3cccc1c32. The highest BCUT2D eigenvalue weighted by Gasteiger charge is 2.20. The van der Waals surface area contributed by atoms with E-state index in [0.29, 0.717) is 5.92 Å². The van der Waals surface area contributed by atoms with E-state index in [4.69, 9.17) is 0 Å². The van der Waals surface area contributed by atoms with Crippen LogP contribution in [0.3, 0.4) is 0 Å². The maximum atomic E-state index is 9.30. The summed E-state index contributed by atoms with van der Waals surface area (Å²) in [7, 11) is 0. The molecule has 0 bridgehead atoms. The number of hydrogen-bond acceptors (Lipinski definition) is 1. The van der Waals surface area contributed by atoms with Gasteiger partial charge < -0.3 is 9.67 Å². The van der Waals surface area contributed by atoms with Crippen molar-refractivity contribution in [2.24, 2.45) is 0 Å². The highest BCUT2D eigenvalue weighted by molar-refractivity contribution is 5.84. The fourth-order valence-corrected chi connectivity index (χ4v) is 2.45. The van der Waals surface area contributed by atoms with Crippen molar-refractivity contribution in [1.29, 1.82) is 0 Å². The van der Waals surface area contributed by atoms with E-state index in [-0.39, 0.29) is 6.61 Å². The van der Waals surface area contributed by atoms with Crippen LogP contribution >= 0.6 is 0 Å². The van der Waals surface area contributed by atoms with Gasteiger partial charge in [-0.05, 0) is 23.4 Å². The molecule has 2 aromatic rings. The number of hydrogen-bond donors (Lipinski definition) is 1. The number of aromatic nitrogens is 1. The molecule has 0 spiro atoms. The maximum Gasteiger partial charge on any atom is 0.0516 e. The third-order valence-corrected chi connectivity index (χ3v) is 3.20. The summed E-state index contributed by atoms with van der Waals surface area (Å²) in [6, 6.07) is 8.50. The van der Waals surface area contributed by atoms with Crippen molar-refractivity contribution in [2.45, 2.75) is 18.9 Å². The minimum atomic E-state index is 0.268. The monoisotopic (exact) mass is 187 g/mol. The zero-order valence-electron chi connectivity index (χ0n) is 7.98. The molecule has 1 N–H and O–H groups in total. The Morgan fingerprint density at radius 2 is 2.29 bits per heavy atom. The number of benzene rings is 1. The van der Waals surface area contributed by atoms with Gasteiger partial charge >= 0.3 is 0 Å². The van der Waals surface area contributed by atoms with Gasteiger partial charge in [-0.25, -0.2) is 0 Å². The predicted molar refractivity (Wildman–Crippen MR) is 56.4 cm³/mol. The Hall–Kier alpha value is -1.28. The van der Waals surface area contributed by atoms with Crippen LogP contribution < -0.4 is 0 Å². The van der Waals surface area contributed by atoms with Gasteiger partial charge in [0.2, 0.25) is 0 Å². The number of aliphatic hydroxyl groups excluding tert-OH is 1. The second-order valence-corrected chi connectivity index (χ2v) is 3.96. The van der Waals surface area contributed by atoms with Gasteiger partial charge in [-0.2, -0.15) is 0 Å². The first-order chi connectivity index (χ1) is 6.90. The highest BCUT2D eigenvalue weighted by atomic mass is 16.3. The highest BCUT2D eigenvalue weighted by Crippen LogP contribution is 2.33. The molecule has 0 amide bonds. The molecule has 0 fully saturated rings. The topological polar surface area (TPSA) is 25.2 Å². The molecule has 3 rings (SSSR count). The predicted octanol–water partition coefficient (Wildman–Crippen LogP) is 2.12. The van der Waals surface area contributed by atoms with E-state index in [1.54, 1.807) is 0 Å². The Kier molecular flexibility index (Phi) is 1.64. The van der Waals surface area contributed by atoms with Crippen LogP contribution in [0.4, 0.5) is 0 Å². The van der Waals surface area contributed by atoms with Gasteiger partial charge in [-0.15, -0.1) is 0 Å². The molecule has 1 aromatic carbocycles. The zero-order chi connectivity index (χ0) is 9.54. The van der Waals surface area contributed by atoms with E-state index in [1.807, 2.05) is 0 Å². The third-order valence-electron chi connectivity index (χ3n) is 3.20. The van der Waals surface area contributed by atoms with Gasteiger partial charge in [0.1, 0.15) is 0 Å². The summed E-state index contributed by atoms with van der Waals surface area (Å²) in [5, 5.41) is 10.6. The van der Waals surface area contributed by atoms with Crippen LogP contribution in [-0.2, 0) is 6.54 Å².